The zero-order valence-corrected chi connectivity index (χ0v) is 15.0. The van der Waals surface area contributed by atoms with Crippen molar-refractivity contribution in [3.05, 3.63) is 82.5 Å². The first-order valence-corrected chi connectivity index (χ1v) is 8.74. The van der Waals surface area contributed by atoms with Crippen LogP contribution in [-0.2, 0) is 4.79 Å². The van der Waals surface area contributed by atoms with E-state index in [0.717, 1.165) is 11.3 Å². The molecule has 0 aliphatic rings. The lowest BCUT2D eigenvalue weighted by Gasteiger charge is -2.05. The number of ether oxygens (including phenoxy) is 1. The van der Waals surface area contributed by atoms with Crippen LogP contribution in [0.1, 0.15) is 32.5 Å². The summed E-state index contributed by atoms with van der Waals surface area (Å²) in [4.78, 5) is 35.9. The largest absolute Gasteiger partial charge is 0.422 e. The van der Waals surface area contributed by atoms with Crippen LogP contribution < -0.4 is 10.1 Å². The molecule has 1 N–H and O–H groups in total. The lowest BCUT2D eigenvalue weighted by Crippen LogP contribution is -2.07. The molecule has 0 aliphatic heterocycles. The van der Waals surface area contributed by atoms with Crippen LogP contribution in [0, 0.1) is 5.82 Å². The van der Waals surface area contributed by atoms with Gasteiger partial charge in [0, 0.05) is 18.1 Å². The summed E-state index contributed by atoms with van der Waals surface area (Å²) in [5.41, 5.74) is 0.760. The number of carbonyl (C=O) groups excluding carboxylic acids is 3. The minimum absolute atomic E-state index is 0.224. The molecule has 0 saturated heterocycles. The first-order valence-electron chi connectivity index (χ1n) is 7.92. The molecule has 136 valence electrons. The van der Waals surface area contributed by atoms with Crippen LogP contribution in [0.5, 0.6) is 5.75 Å². The summed E-state index contributed by atoms with van der Waals surface area (Å²) in [5.74, 6) is -1.17. The first kappa shape index (κ1) is 18.5. The Morgan fingerprint density at radius 1 is 0.889 bits per heavy atom. The molecule has 0 fully saturated rings. The van der Waals surface area contributed by atoms with Gasteiger partial charge in [0.25, 0.3) is 0 Å². The zero-order chi connectivity index (χ0) is 19.4. The van der Waals surface area contributed by atoms with Gasteiger partial charge in [-0.2, -0.15) is 0 Å². The number of carbonyl (C=O) groups is 3. The predicted octanol–water partition coefficient (Wildman–Crippen LogP) is 4.30. The van der Waals surface area contributed by atoms with Gasteiger partial charge in [-0.3, -0.25) is 9.59 Å². The maximum atomic E-state index is 13.0. The van der Waals surface area contributed by atoms with Gasteiger partial charge in [-0.05, 0) is 60.7 Å². The Morgan fingerprint density at radius 3 is 2.07 bits per heavy atom. The highest BCUT2D eigenvalue weighted by molar-refractivity contribution is 7.18. The van der Waals surface area contributed by atoms with Crippen molar-refractivity contribution in [2.75, 3.05) is 5.32 Å². The van der Waals surface area contributed by atoms with Crippen molar-refractivity contribution in [3.63, 3.8) is 0 Å². The van der Waals surface area contributed by atoms with E-state index < -0.39 is 11.8 Å². The molecule has 0 aliphatic carbocycles. The van der Waals surface area contributed by atoms with Gasteiger partial charge < -0.3 is 10.1 Å². The van der Waals surface area contributed by atoms with Gasteiger partial charge in [-0.25, -0.2) is 9.18 Å². The van der Waals surface area contributed by atoms with Crippen molar-refractivity contribution in [1.82, 2.24) is 0 Å². The second kappa shape index (κ2) is 7.92. The maximum absolute atomic E-state index is 13.0. The molecule has 0 bridgehead atoms. The van der Waals surface area contributed by atoms with Crippen molar-refractivity contribution in [2.24, 2.45) is 0 Å². The summed E-state index contributed by atoms with van der Waals surface area (Å²) in [6.07, 6.45) is 0. The molecule has 3 rings (SSSR count). The van der Waals surface area contributed by atoms with Crippen molar-refractivity contribution >= 4 is 34.0 Å². The Kier molecular flexibility index (Phi) is 5.42. The molecule has 27 heavy (non-hydrogen) atoms. The monoisotopic (exact) mass is 383 g/mol. The van der Waals surface area contributed by atoms with Gasteiger partial charge in [0.2, 0.25) is 5.91 Å². The topological polar surface area (TPSA) is 72.5 Å². The third-order valence-corrected chi connectivity index (χ3v) is 4.52. The third kappa shape index (κ3) is 4.65. The van der Waals surface area contributed by atoms with Gasteiger partial charge >= 0.3 is 5.97 Å². The number of anilines is 1. The number of halogens is 1. The van der Waals surface area contributed by atoms with Gasteiger partial charge in [0.15, 0.2) is 5.78 Å². The van der Waals surface area contributed by atoms with Gasteiger partial charge in [0.05, 0.1) is 5.00 Å². The first-order chi connectivity index (χ1) is 12.9. The molecule has 7 heteroatoms. The normalized spacial score (nSPS) is 10.3. The summed E-state index contributed by atoms with van der Waals surface area (Å²) >= 11 is 1.10. The smallest absolute Gasteiger partial charge is 0.353 e. The van der Waals surface area contributed by atoms with Gasteiger partial charge in [0.1, 0.15) is 16.4 Å². The highest BCUT2D eigenvalue weighted by atomic mass is 32.1. The number of hydrogen-bond acceptors (Lipinski definition) is 5. The second-order valence-corrected chi connectivity index (χ2v) is 6.68. The molecule has 0 atom stereocenters. The van der Waals surface area contributed by atoms with Crippen LogP contribution in [0.25, 0.3) is 0 Å². The van der Waals surface area contributed by atoms with E-state index in [2.05, 4.69) is 5.32 Å². The fourth-order valence-corrected chi connectivity index (χ4v) is 3.12. The second-order valence-electron chi connectivity index (χ2n) is 5.59. The number of hydrogen-bond donors (Lipinski definition) is 1. The number of ketones is 1. The number of nitrogens with one attached hydrogen (secondary N) is 1. The van der Waals surface area contributed by atoms with Crippen molar-refractivity contribution in [1.29, 1.82) is 0 Å². The maximum Gasteiger partial charge on any atom is 0.353 e. The Labute approximate surface area is 158 Å². The summed E-state index contributed by atoms with van der Waals surface area (Å²) in [7, 11) is 0. The standard InChI is InChI=1S/C20H14FNO4S/c1-12(23)22-18-11-10-17(27-18)20(25)26-16-8-4-14(5-9-16)19(24)13-2-6-15(21)7-3-13/h2-11H,1H3,(H,22,23). The molecule has 5 nitrogen and oxygen atoms in total. The Morgan fingerprint density at radius 2 is 1.48 bits per heavy atom. The van der Waals surface area contributed by atoms with Crippen LogP contribution in [0.2, 0.25) is 0 Å². The molecule has 0 saturated carbocycles. The highest BCUT2D eigenvalue weighted by Crippen LogP contribution is 2.24. The van der Waals surface area contributed by atoms with Gasteiger partial charge in [-0.1, -0.05) is 0 Å². The minimum atomic E-state index is -0.561. The van der Waals surface area contributed by atoms with Crippen LogP contribution in [0.3, 0.4) is 0 Å². The van der Waals surface area contributed by atoms with Crippen LogP contribution >= 0.6 is 11.3 Å². The van der Waals surface area contributed by atoms with E-state index >= 15 is 0 Å². The predicted molar refractivity (Wildman–Crippen MR) is 99.9 cm³/mol. The fourth-order valence-electron chi connectivity index (χ4n) is 2.29. The molecule has 1 heterocycles. The van der Waals surface area contributed by atoms with Gasteiger partial charge in [-0.15, -0.1) is 11.3 Å². The Balaban J connectivity index is 1.67. The molecule has 0 unspecified atom stereocenters. The van der Waals surface area contributed by atoms with E-state index in [1.165, 1.54) is 55.5 Å². The molecule has 2 aromatic carbocycles. The SMILES string of the molecule is CC(=O)Nc1ccc(C(=O)Oc2ccc(C(=O)c3ccc(F)cc3)cc2)s1. The number of benzene rings is 2. The molecule has 0 spiro atoms. The van der Waals surface area contributed by atoms with E-state index in [0.29, 0.717) is 21.0 Å². The summed E-state index contributed by atoms with van der Waals surface area (Å²) < 4.78 is 18.2. The van der Waals surface area contributed by atoms with Crippen LogP contribution in [0.4, 0.5) is 9.39 Å². The molecule has 1 amide bonds. The Hall–Kier alpha value is -3.32. The lowest BCUT2D eigenvalue weighted by molar-refractivity contribution is -0.114. The highest BCUT2D eigenvalue weighted by Gasteiger charge is 2.14. The zero-order valence-electron chi connectivity index (χ0n) is 14.2. The average Bonchev–Trinajstić information content (AvgIpc) is 3.10. The lowest BCUT2D eigenvalue weighted by atomic mass is 10.0. The van der Waals surface area contributed by atoms with E-state index in [4.69, 9.17) is 4.74 Å². The molecule has 1 aromatic heterocycles. The molecular formula is C20H14FNO4S. The number of amides is 1. The number of rotatable bonds is 5. The summed E-state index contributed by atoms with van der Waals surface area (Å²) in [6, 6.07) is 14.5. The summed E-state index contributed by atoms with van der Waals surface area (Å²) in [6.45, 7) is 1.38. The third-order valence-electron chi connectivity index (χ3n) is 3.54. The van der Waals surface area contributed by atoms with E-state index in [1.54, 1.807) is 12.1 Å². The van der Waals surface area contributed by atoms with Crippen molar-refractivity contribution < 1.29 is 23.5 Å². The molecule has 3 aromatic rings. The quantitative estimate of drug-likeness (QED) is 0.405. The minimum Gasteiger partial charge on any atom is -0.422 e. The van der Waals surface area contributed by atoms with E-state index in [-0.39, 0.29) is 17.4 Å². The average molecular weight is 383 g/mol. The molecular weight excluding hydrogens is 369 g/mol. The van der Waals surface area contributed by atoms with E-state index in [1.807, 2.05) is 0 Å². The number of esters is 1. The van der Waals surface area contributed by atoms with E-state index in [9.17, 15) is 18.8 Å². The van der Waals surface area contributed by atoms with Crippen LogP contribution in [-0.4, -0.2) is 17.7 Å². The Bertz CT molecular complexity index is 994. The number of thiophene rings is 1. The van der Waals surface area contributed by atoms with Crippen LogP contribution in [0.15, 0.2) is 60.7 Å². The van der Waals surface area contributed by atoms with Crippen molar-refractivity contribution in [2.45, 2.75) is 6.92 Å². The fraction of sp³-hybridized carbons (Fsp3) is 0.0500. The summed E-state index contributed by atoms with van der Waals surface area (Å²) in [5, 5.41) is 3.14. The molecule has 0 radical (unpaired) electrons. The van der Waals surface area contributed by atoms with Crippen molar-refractivity contribution in [3.8, 4) is 5.75 Å².